The first-order chi connectivity index (χ1) is 12.8. The molecule has 0 amide bonds. The lowest BCUT2D eigenvalue weighted by Gasteiger charge is -2.39. The number of ether oxygens (including phenoxy) is 4. The molecule has 0 bridgehead atoms. The summed E-state index contributed by atoms with van der Waals surface area (Å²) in [6.07, 6.45) is 2.80. The van der Waals surface area contributed by atoms with E-state index in [1.165, 1.54) is 0 Å². The first kappa shape index (κ1) is 20.9. The molecule has 0 aromatic heterocycles. The van der Waals surface area contributed by atoms with Crippen molar-refractivity contribution in [1.29, 1.82) is 5.26 Å². The van der Waals surface area contributed by atoms with Crippen molar-refractivity contribution in [2.75, 3.05) is 19.8 Å². The molecule has 0 radical (unpaired) electrons. The average molecular weight is 361 g/mol. The molecule has 1 aliphatic rings. The van der Waals surface area contributed by atoms with Gasteiger partial charge in [-0.3, -0.25) is 0 Å². The maximum atomic E-state index is 9.54. The summed E-state index contributed by atoms with van der Waals surface area (Å²) in [7, 11) is 0. The predicted molar refractivity (Wildman–Crippen MR) is 99.4 cm³/mol. The Balaban J connectivity index is 2.05. The fourth-order valence-corrected chi connectivity index (χ4v) is 2.88. The number of nitriles is 1. The van der Waals surface area contributed by atoms with Crippen molar-refractivity contribution in [3.8, 4) is 6.07 Å². The highest BCUT2D eigenvalue weighted by Crippen LogP contribution is 2.27. The van der Waals surface area contributed by atoms with Gasteiger partial charge in [0.15, 0.2) is 6.29 Å². The summed E-state index contributed by atoms with van der Waals surface area (Å²) in [6, 6.07) is 12.3. The van der Waals surface area contributed by atoms with Gasteiger partial charge < -0.3 is 18.9 Å². The minimum atomic E-state index is -0.483. The molecule has 0 unspecified atom stereocenters. The van der Waals surface area contributed by atoms with Crippen LogP contribution in [-0.2, 0) is 25.6 Å². The van der Waals surface area contributed by atoms with Crippen LogP contribution in [0.5, 0.6) is 0 Å². The van der Waals surface area contributed by atoms with Crippen molar-refractivity contribution in [3.05, 3.63) is 35.9 Å². The maximum Gasteiger partial charge on any atom is 0.186 e. The smallest absolute Gasteiger partial charge is 0.186 e. The van der Waals surface area contributed by atoms with E-state index >= 15 is 0 Å². The molecule has 1 saturated heterocycles. The summed E-state index contributed by atoms with van der Waals surface area (Å²) in [4.78, 5) is 0. The highest BCUT2D eigenvalue weighted by molar-refractivity contribution is 5.13. The highest BCUT2D eigenvalue weighted by Gasteiger charge is 2.43. The van der Waals surface area contributed by atoms with E-state index < -0.39 is 6.29 Å². The van der Waals surface area contributed by atoms with Gasteiger partial charge in [0.05, 0.1) is 25.2 Å². The summed E-state index contributed by atoms with van der Waals surface area (Å²) in [5.74, 6) is -0.364. The van der Waals surface area contributed by atoms with Crippen LogP contribution in [0.25, 0.3) is 0 Å². The van der Waals surface area contributed by atoms with Crippen LogP contribution in [0, 0.1) is 17.2 Å². The van der Waals surface area contributed by atoms with E-state index in [0.29, 0.717) is 26.4 Å². The van der Waals surface area contributed by atoms with Crippen LogP contribution in [0.3, 0.4) is 0 Å². The van der Waals surface area contributed by atoms with Gasteiger partial charge in [0, 0.05) is 13.2 Å². The van der Waals surface area contributed by atoms with Crippen LogP contribution in [0.2, 0.25) is 0 Å². The zero-order valence-electron chi connectivity index (χ0n) is 15.9. The molecule has 5 nitrogen and oxygen atoms in total. The number of hydrogen-bond donors (Lipinski definition) is 0. The molecule has 0 saturated carbocycles. The summed E-state index contributed by atoms with van der Waals surface area (Å²) < 4.78 is 23.9. The van der Waals surface area contributed by atoms with Gasteiger partial charge in [-0.25, -0.2) is 0 Å². The van der Waals surface area contributed by atoms with Crippen molar-refractivity contribution >= 4 is 0 Å². The topological polar surface area (TPSA) is 60.7 Å². The molecular formula is C21H31NO4. The molecule has 5 heteroatoms. The van der Waals surface area contributed by atoms with Crippen molar-refractivity contribution in [3.63, 3.8) is 0 Å². The molecule has 1 fully saturated rings. The van der Waals surface area contributed by atoms with Crippen molar-refractivity contribution in [1.82, 2.24) is 0 Å². The van der Waals surface area contributed by atoms with Gasteiger partial charge in [0.2, 0.25) is 0 Å². The fourth-order valence-electron chi connectivity index (χ4n) is 2.88. The zero-order valence-corrected chi connectivity index (χ0v) is 15.9. The molecule has 2 rings (SSSR count). The van der Waals surface area contributed by atoms with Crippen LogP contribution in [-0.4, -0.2) is 38.3 Å². The Kier molecular flexibility index (Phi) is 9.65. The second-order valence-electron chi connectivity index (χ2n) is 6.61. The van der Waals surface area contributed by atoms with E-state index in [2.05, 4.69) is 19.9 Å². The molecule has 1 aromatic rings. The third kappa shape index (κ3) is 6.37. The van der Waals surface area contributed by atoms with Gasteiger partial charge in [0.1, 0.15) is 12.2 Å². The minimum Gasteiger partial charge on any atom is -0.370 e. The highest BCUT2D eigenvalue weighted by atomic mass is 16.7. The second kappa shape index (κ2) is 12.0. The third-order valence-corrected chi connectivity index (χ3v) is 4.47. The van der Waals surface area contributed by atoms with Gasteiger partial charge in [-0.1, -0.05) is 57.0 Å². The second-order valence-corrected chi connectivity index (χ2v) is 6.61. The Morgan fingerprint density at radius 1 is 1.00 bits per heavy atom. The first-order valence-corrected chi connectivity index (χ1v) is 9.70. The van der Waals surface area contributed by atoms with Gasteiger partial charge >= 0.3 is 0 Å². The lowest BCUT2D eigenvalue weighted by atomic mass is 9.96. The van der Waals surface area contributed by atoms with E-state index in [1.54, 1.807) is 0 Å². The van der Waals surface area contributed by atoms with E-state index in [0.717, 1.165) is 31.2 Å². The minimum absolute atomic E-state index is 0.306. The Hall–Kier alpha value is -1.45. The van der Waals surface area contributed by atoms with E-state index in [1.807, 2.05) is 30.3 Å². The summed E-state index contributed by atoms with van der Waals surface area (Å²) in [6.45, 7) is 6.23. The van der Waals surface area contributed by atoms with Crippen molar-refractivity contribution in [2.24, 2.45) is 5.92 Å². The summed E-state index contributed by atoms with van der Waals surface area (Å²) in [5, 5.41) is 9.54. The number of nitrogens with zero attached hydrogens (tertiary/aromatic N) is 1. The lowest BCUT2D eigenvalue weighted by Crippen LogP contribution is -2.53. The first-order valence-electron chi connectivity index (χ1n) is 9.70. The van der Waals surface area contributed by atoms with E-state index in [-0.39, 0.29) is 18.1 Å². The zero-order chi connectivity index (χ0) is 18.6. The monoisotopic (exact) mass is 361 g/mol. The molecule has 1 aromatic carbocycles. The van der Waals surface area contributed by atoms with E-state index in [4.69, 9.17) is 18.9 Å². The van der Waals surface area contributed by atoms with Gasteiger partial charge in [-0.2, -0.15) is 5.26 Å². The number of hydrogen-bond acceptors (Lipinski definition) is 5. The maximum absolute atomic E-state index is 9.54. The molecule has 4 atom stereocenters. The van der Waals surface area contributed by atoms with Gasteiger partial charge in [-0.15, -0.1) is 0 Å². The fraction of sp³-hybridized carbons (Fsp3) is 0.667. The lowest BCUT2D eigenvalue weighted by molar-refractivity contribution is -0.274. The standard InChI is InChI=1S/C21H31NO4/c1-3-5-12-23-20-19(25-15-17-10-8-7-9-11-17)18(14-22)16-26-21(20)24-13-6-4-2/h7-11,18-21H,3-6,12-13,15-16H2,1-2H3/t18-,19-,20+,21-/m1/s1. The molecule has 1 heterocycles. The Bertz CT molecular complexity index is 531. The predicted octanol–water partition coefficient (Wildman–Crippen LogP) is 4.07. The quantitative estimate of drug-likeness (QED) is 0.556. The molecule has 1 aliphatic heterocycles. The summed E-state index contributed by atoms with van der Waals surface area (Å²) >= 11 is 0. The van der Waals surface area contributed by atoms with Crippen LogP contribution < -0.4 is 0 Å². The van der Waals surface area contributed by atoms with Crippen molar-refractivity contribution in [2.45, 2.75) is 64.6 Å². The Labute approximate surface area is 157 Å². The van der Waals surface area contributed by atoms with E-state index in [9.17, 15) is 5.26 Å². The summed E-state index contributed by atoms with van der Waals surface area (Å²) in [5.41, 5.74) is 1.08. The Morgan fingerprint density at radius 3 is 2.35 bits per heavy atom. The Morgan fingerprint density at radius 2 is 1.69 bits per heavy atom. The number of rotatable bonds is 11. The van der Waals surface area contributed by atoms with Crippen molar-refractivity contribution < 1.29 is 18.9 Å². The van der Waals surface area contributed by atoms with Crippen LogP contribution >= 0.6 is 0 Å². The third-order valence-electron chi connectivity index (χ3n) is 4.47. The molecular weight excluding hydrogens is 330 g/mol. The largest absolute Gasteiger partial charge is 0.370 e. The molecule has 26 heavy (non-hydrogen) atoms. The normalized spacial score (nSPS) is 25.7. The number of unbranched alkanes of at least 4 members (excludes halogenated alkanes) is 2. The van der Waals surface area contributed by atoms with Crippen LogP contribution in [0.1, 0.15) is 45.1 Å². The number of benzene rings is 1. The van der Waals surface area contributed by atoms with Crippen LogP contribution in [0.4, 0.5) is 0 Å². The van der Waals surface area contributed by atoms with Gasteiger partial charge in [-0.05, 0) is 18.4 Å². The average Bonchev–Trinajstić information content (AvgIpc) is 2.68. The molecule has 0 aliphatic carbocycles. The molecule has 0 spiro atoms. The SMILES string of the molecule is CCCCO[C@@H]1OC[C@@H](C#N)[C@@H](OCc2ccccc2)[C@@H]1OCCCC. The molecule has 0 N–H and O–H groups in total. The van der Waals surface area contributed by atoms with Gasteiger partial charge in [0.25, 0.3) is 0 Å². The van der Waals surface area contributed by atoms with Crippen LogP contribution in [0.15, 0.2) is 30.3 Å². The molecule has 144 valence electrons.